The number of ether oxygens (including phenoxy) is 1. The van der Waals surface area contributed by atoms with Crippen LogP contribution in [-0.4, -0.2) is 40.2 Å². The van der Waals surface area contributed by atoms with E-state index in [-0.39, 0.29) is 12.1 Å². The minimum absolute atomic E-state index is 0.142. The maximum Gasteiger partial charge on any atom is 0.407 e. The first-order chi connectivity index (χ1) is 11.3. The van der Waals surface area contributed by atoms with E-state index >= 15 is 0 Å². The number of hydrogen-bond acceptors (Lipinski definition) is 4. The van der Waals surface area contributed by atoms with Crippen molar-refractivity contribution in [3.63, 3.8) is 0 Å². The van der Waals surface area contributed by atoms with Gasteiger partial charge in [-0.25, -0.2) is 9.78 Å². The predicted molar refractivity (Wildman–Crippen MR) is 94.8 cm³/mol. The van der Waals surface area contributed by atoms with Crippen molar-refractivity contribution in [2.45, 2.75) is 45.3 Å². The van der Waals surface area contributed by atoms with E-state index in [9.17, 15) is 4.79 Å². The largest absolute Gasteiger partial charge is 0.444 e. The lowest BCUT2D eigenvalue weighted by molar-refractivity contribution is 0.0497. The predicted octanol–water partition coefficient (Wildman–Crippen LogP) is 3.48. The Morgan fingerprint density at radius 3 is 2.75 bits per heavy atom. The topological polar surface area (TPSA) is 58.9 Å². The molecule has 1 saturated heterocycles. The van der Waals surface area contributed by atoms with Crippen LogP contribution in [0.15, 0.2) is 24.8 Å². The van der Waals surface area contributed by atoms with Crippen LogP contribution < -0.4 is 10.2 Å². The number of rotatable bonds is 2. The second-order valence-corrected chi connectivity index (χ2v) is 7.55. The summed E-state index contributed by atoms with van der Waals surface area (Å²) < 4.78 is 7.25. The summed E-state index contributed by atoms with van der Waals surface area (Å²) in [6.07, 6.45) is 6.95. The fourth-order valence-electron chi connectivity index (χ4n) is 2.91. The summed E-state index contributed by atoms with van der Waals surface area (Å²) in [6.45, 7) is 7.31. The van der Waals surface area contributed by atoms with Crippen LogP contribution in [0, 0.1) is 0 Å². The van der Waals surface area contributed by atoms with Crippen LogP contribution in [0.4, 0.5) is 10.5 Å². The molecule has 7 heteroatoms. The zero-order valence-corrected chi connectivity index (χ0v) is 15.0. The Balaban J connectivity index is 1.59. The zero-order valence-electron chi connectivity index (χ0n) is 14.3. The van der Waals surface area contributed by atoms with Crippen LogP contribution in [0.25, 0.3) is 5.52 Å². The molecule has 1 fully saturated rings. The molecule has 0 atom stereocenters. The second-order valence-electron chi connectivity index (χ2n) is 7.14. The first kappa shape index (κ1) is 16.9. The maximum absolute atomic E-state index is 11.9. The van der Waals surface area contributed by atoms with Crippen LogP contribution in [-0.2, 0) is 4.74 Å². The summed E-state index contributed by atoms with van der Waals surface area (Å²) in [4.78, 5) is 18.3. The molecule has 1 aliphatic heterocycles. The van der Waals surface area contributed by atoms with Gasteiger partial charge in [-0.3, -0.25) is 0 Å². The van der Waals surface area contributed by atoms with E-state index in [1.165, 1.54) is 0 Å². The van der Waals surface area contributed by atoms with Crippen LogP contribution in [0.3, 0.4) is 0 Å². The van der Waals surface area contributed by atoms with Gasteiger partial charge in [-0.15, -0.1) is 0 Å². The van der Waals surface area contributed by atoms with Crippen LogP contribution in [0.2, 0.25) is 5.02 Å². The van der Waals surface area contributed by atoms with Crippen molar-refractivity contribution >= 4 is 28.9 Å². The van der Waals surface area contributed by atoms with Crippen molar-refractivity contribution < 1.29 is 9.53 Å². The SMILES string of the molecule is CC(C)(C)OC(=O)NC1CCN(c2cc(Cl)c3cncn3c2)CC1. The smallest absolute Gasteiger partial charge is 0.407 e. The summed E-state index contributed by atoms with van der Waals surface area (Å²) >= 11 is 6.32. The molecule has 0 bridgehead atoms. The molecule has 2 aromatic heterocycles. The molecular formula is C17H23ClN4O2. The number of anilines is 1. The van der Waals surface area contributed by atoms with Gasteiger partial charge in [-0.1, -0.05) is 11.6 Å². The van der Waals surface area contributed by atoms with Gasteiger partial charge in [0.25, 0.3) is 0 Å². The minimum atomic E-state index is -0.470. The number of halogens is 1. The molecule has 0 aliphatic carbocycles. The molecule has 24 heavy (non-hydrogen) atoms. The van der Waals surface area contributed by atoms with Gasteiger partial charge in [0.05, 0.1) is 28.8 Å². The van der Waals surface area contributed by atoms with Crippen molar-refractivity contribution in [3.05, 3.63) is 29.8 Å². The fourth-order valence-corrected chi connectivity index (χ4v) is 3.16. The summed E-state index contributed by atoms with van der Waals surface area (Å²) in [6, 6.07) is 2.11. The lowest BCUT2D eigenvalue weighted by Crippen LogP contribution is -2.46. The Hall–Kier alpha value is -1.95. The summed E-state index contributed by atoms with van der Waals surface area (Å²) in [7, 11) is 0. The number of imidazole rings is 1. The van der Waals surface area contributed by atoms with E-state index in [0.29, 0.717) is 5.02 Å². The molecule has 130 valence electrons. The molecule has 1 N–H and O–H groups in total. The normalized spacial score (nSPS) is 16.4. The van der Waals surface area contributed by atoms with Crippen LogP contribution in [0.1, 0.15) is 33.6 Å². The van der Waals surface area contributed by atoms with E-state index in [2.05, 4.69) is 15.2 Å². The fraction of sp³-hybridized carbons (Fsp3) is 0.529. The molecular weight excluding hydrogens is 328 g/mol. The molecule has 1 aliphatic rings. The van der Waals surface area contributed by atoms with E-state index < -0.39 is 5.60 Å². The van der Waals surface area contributed by atoms with Gasteiger partial charge in [-0.05, 0) is 39.7 Å². The summed E-state index contributed by atoms with van der Waals surface area (Å²) in [5.74, 6) is 0. The second kappa shape index (κ2) is 6.51. The lowest BCUT2D eigenvalue weighted by atomic mass is 10.0. The van der Waals surface area contributed by atoms with Gasteiger partial charge in [-0.2, -0.15) is 0 Å². The van der Waals surface area contributed by atoms with Crippen LogP contribution >= 0.6 is 11.6 Å². The number of carbonyl (C=O) groups excluding carboxylic acids is 1. The highest BCUT2D eigenvalue weighted by molar-refractivity contribution is 6.34. The van der Waals surface area contributed by atoms with Crippen molar-refractivity contribution in [3.8, 4) is 0 Å². The van der Waals surface area contributed by atoms with Crippen molar-refractivity contribution in [2.75, 3.05) is 18.0 Å². The number of fused-ring (bicyclic) bond motifs is 1. The third-order valence-corrected chi connectivity index (χ3v) is 4.34. The number of piperidine rings is 1. The third kappa shape index (κ3) is 3.93. The Labute approximate surface area is 146 Å². The number of carbonyl (C=O) groups is 1. The Kier molecular flexibility index (Phi) is 4.58. The lowest BCUT2D eigenvalue weighted by Gasteiger charge is -2.34. The number of nitrogens with zero attached hydrogens (tertiary/aromatic N) is 3. The van der Waals surface area contributed by atoms with Gasteiger partial charge < -0.3 is 19.4 Å². The average molecular weight is 351 g/mol. The molecule has 3 rings (SSSR count). The van der Waals surface area contributed by atoms with Crippen molar-refractivity contribution in [1.29, 1.82) is 0 Å². The summed E-state index contributed by atoms with van der Waals surface area (Å²) in [5.41, 5.74) is 1.50. The Bertz CT molecular complexity index is 730. The molecule has 0 spiro atoms. The highest BCUT2D eigenvalue weighted by Gasteiger charge is 2.24. The van der Waals surface area contributed by atoms with E-state index in [1.807, 2.05) is 37.4 Å². The Morgan fingerprint density at radius 1 is 1.38 bits per heavy atom. The van der Waals surface area contributed by atoms with Gasteiger partial charge in [0.2, 0.25) is 0 Å². The number of amides is 1. The number of aromatic nitrogens is 2. The quantitative estimate of drug-likeness (QED) is 0.900. The zero-order chi connectivity index (χ0) is 17.3. The van der Waals surface area contributed by atoms with Gasteiger partial charge >= 0.3 is 6.09 Å². The molecule has 0 unspecified atom stereocenters. The van der Waals surface area contributed by atoms with Crippen molar-refractivity contribution in [1.82, 2.24) is 14.7 Å². The molecule has 3 heterocycles. The highest BCUT2D eigenvalue weighted by atomic mass is 35.5. The molecule has 0 radical (unpaired) electrons. The molecule has 6 nitrogen and oxygen atoms in total. The molecule has 1 amide bonds. The maximum atomic E-state index is 11.9. The van der Waals surface area contributed by atoms with Gasteiger partial charge in [0.1, 0.15) is 5.60 Å². The standard InChI is InChI=1S/C17H23ClN4O2/c1-17(2,3)24-16(23)20-12-4-6-21(7-5-12)13-8-14(18)15-9-19-11-22(15)10-13/h8-12H,4-7H2,1-3H3,(H,20,23). The van der Waals surface area contributed by atoms with E-state index in [4.69, 9.17) is 16.3 Å². The van der Waals surface area contributed by atoms with Crippen molar-refractivity contribution in [2.24, 2.45) is 0 Å². The van der Waals surface area contributed by atoms with Crippen LogP contribution in [0.5, 0.6) is 0 Å². The van der Waals surface area contributed by atoms with E-state index in [0.717, 1.165) is 37.1 Å². The number of hydrogen-bond donors (Lipinski definition) is 1. The van der Waals surface area contributed by atoms with Gasteiger partial charge in [0.15, 0.2) is 0 Å². The molecule has 0 aromatic carbocycles. The third-order valence-electron chi connectivity index (χ3n) is 4.04. The highest BCUT2D eigenvalue weighted by Crippen LogP contribution is 2.26. The number of nitrogens with one attached hydrogen (secondary N) is 1. The molecule has 2 aromatic rings. The monoisotopic (exact) mass is 350 g/mol. The van der Waals surface area contributed by atoms with Gasteiger partial charge in [0, 0.05) is 25.3 Å². The summed E-state index contributed by atoms with van der Waals surface area (Å²) in [5, 5.41) is 3.65. The first-order valence-corrected chi connectivity index (χ1v) is 8.55. The Morgan fingerprint density at radius 2 is 2.08 bits per heavy atom. The van der Waals surface area contributed by atoms with E-state index in [1.54, 1.807) is 12.5 Å². The molecule has 0 saturated carbocycles. The average Bonchev–Trinajstić information content (AvgIpc) is 2.95. The number of alkyl carbamates (subject to hydrolysis) is 1. The first-order valence-electron chi connectivity index (χ1n) is 8.17. The number of pyridine rings is 1. The minimum Gasteiger partial charge on any atom is -0.444 e.